The Bertz CT molecular complexity index is 528. The average molecular weight is 370 g/mol. The second kappa shape index (κ2) is 11.8. The van der Waals surface area contributed by atoms with Gasteiger partial charge in [0.15, 0.2) is 0 Å². The number of piperidine rings is 1. The number of carbonyl (C=O) groups is 2. The zero-order chi connectivity index (χ0) is 17.2. The van der Waals surface area contributed by atoms with Crippen molar-refractivity contribution < 1.29 is 14.3 Å². The SMILES string of the molecule is Cl.NCCNC(=O)C1CCCN(C(=O)CCOCc2ccccc2)C1. The van der Waals surface area contributed by atoms with Crippen molar-refractivity contribution >= 4 is 24.2 Å². The maximum absolute atomic E-state index is 12.3. The molecule has 0 radical (unpaired) electrons. The predicted octanol–water partition coefficient (Wildman–Crippen LogP) is 1.33. The number of nitrogens with one attached hydrogen (secondary N) is 1. The fourth-order valence-corrected chi connectivity index (χ4v) is 2.84. The summed E-state index contributed by atoms with van der Waals surface area (Å²) < 4.78 is 5.57. The number of nitrogens with two attached hydrogens (primary N) is 1. The number of likely N-dealkylation sites (tertiary alicyclic amines) is 1. The molecule has 1 heterocycles. The molecule has 0 aliphatic carbocycles. The highest BCUT2D eigenvalue weighted by Crippen LogP contribution is 2.17. The molecule has 0 bridgehead atoms. The van der Waals surface area contributed by atoms with E-state index >= 15 is 0 Å². The van der Waals surface area contributed by atoms with E-state index in [1.807, 2.05) is 30.3 Å². The van der Waals surface area contributed by atoms with E-state index in [0.717, 1.165) is 24.9 Å². The highest BCUT2D eigenvalue weighted by molar-refractivity contribution is 5.85. The van der Waals surface area contributed by atoms with Crippen molar-refractivity contribution in [2.75, 3.05) is 32.8 Å². The number of hydrogen-bond donors (Lipinski definition) is 2. The summed E-state index contributed by atoms with van der Waals surface area (Å²) in [5.74, 6) is -0.0721. The van der Waals surface area contributed by atoms with E-state index in [4.69, 9.17) is 10.5 Å². The van der Waals surface area contributed by atoms with Gasteiger partial charge in [0.2, 0.25) is 11.8 Å². The van der Waals surface area contributed by atoms with E-state index < -0.39 is 0 Å². The van der Waals surface area contributed by atoms with E-state index in [0.29, 0.717) is 39.3 Å². The molecule has 1 atom stereocenters. The molecule has 1 aliphatic heterocycles. The van der Waals surface area contributed by atoms with Crippen LogP contribution in [0.5, 0.6) is 0 Å². The average Bonchev–Trinajstić information content (AvgIpc) is 2.64. The summed E-state index contributed by atoms with van der Waals surface area (Å²) in [6.07, 6.45) is 2.03. The van der Waals surface area contributed by atoms with Gasteiger partial charge in [-0.05, 0) is 18.4 Å². The number of ether oxygens (including phenoxy) is 1. The van der Waals surface area contributed by atoms with Gasteiger partial charge >= 0.3 is 0 Å². The number of nitrogens with zero attached hydrogens (tertiary/aromatic N) is 1. The van der Waals surface area contributed by atoms with Gasteiger partial charge in [0.05, 0.1) is 25.6 Å². The molecule has 1 aromatic carbocycles. The van der Waals surface area contributed by atoms with Crippen LogP contribution < -0.4 is 11.1 Å². The highest BCUT2D eigenvalue weighted by atomic mass is 35.5. The maximum Gasteiger partial charge on any atom is 0.224 e. The van der Waals surface area contributed by atoms with Gasteiger partial charge in [0.1, 0.15) is 0 Å². The van der Waals surface area contributed by atoms with Crippen LogP contribution in [0, 0.1) is 5.92 Å². The Balaban J connectivity index is 0.00000312. The van der Waals surface area contributed by atoms with E-state index in [1.165, 1.54) is 0 Å². The minimum absolute atomic E-state index is 0. The molecule has 0 saturated carbocycles. The molecule has 0 aromatic heterocycles. The van der Waals surface area contributed by atoms with Crippen LogP contribution >= 0.6 is 12.4 Å². The van der Waals surface area contributed by atoms with Crippen molar-refractivity contribution in [2.45, 2.75) is 25.9 Å². The van der Waals surface area contributed by atoms with Gasteiger partial charge in [-0.1, -0.05) is 30.3 Å². The monoisotopic (exact) mass is 369 g/mol. The van der Waals surface area contributed by atoms with E-state index in [-0.39, 0.29) is 30.1 Å². The lowest BCUT2D eigenvalue weighted by molar-refractivity contribution is -0.136. The van der Waals surface area contributed by atoms with Crippen molar-refractivity contribution in [1.82, 2.24) is 10.2 Å². The van der Waals surface area contributed by atoms with Crippen molar-refractivity contribution in [2.24, 2.45) is 11.7 Å². The lowest BCUT2D eigenvalue weighted by atomic mass is 9.97. The molecule has 1 fully saturated rings. The second-order valence-electron chi connectivity index (χ2n) is 6.05. The molecule has 140 valence electrons. The molecule has 1 unspecified atom stereocenters. The minimum Gasteiger partial charge on any atom is -0.376 e. The molecule has 0 spiro atoms. The van der Waals surface area contributed by atoms with Crippen LogP contribution in [0.4, 0.5) is 0 Å². The summed E-state index contributed by atoms with van der Waals surface area (Å²) in [6.45, 7) is 3.04. The molecule has 3 N–H and O–H groups in total. The first-order valence-corrected chi connectivity index (χ1v) is 8.58. The predicted molar refractivity (Wildman–Crippen MR) is 99.3 cm³/mol. The number of amides is 2. The third-order valence-corrected chi connectivity index (χ3v) is 4.16. The van der Waals surface area contributed by atoms with Crippen molar-refractivity contribution in [3.63, 3.8) is 0 Å². The Kier molecular flexibility index (Phi) is 10.1. The smallest absolute Gasteiger partial charge is 0.224 e. The Morgan fingerprint density at radius 1 is 1.28 bits per heavy atom. The molecule has 1 aromatic rings. The number of halogens is 1. The Hall–Kier alpha value is -1.63. The Labute approximate surface area is 155 Å². The largest absolute Gasteiger partial charge is 0.376 e. The van der Waals surface area contributed by atoms with Crippen LogP contribution in [0.2, 0.25) is 0 Å². The van der Waals surface area contributed by atoms with Gasteiger partial charge in [0.25, 0.3) is 0 Å². The zero-order valence-electron chi connectivity index (χ0n) is 14.5. The highest BCUT2D eigenvalue weighted by Gasteiger charge is 2.27. The van der Waals surface area contributed by atoms with Gasteiger partial charge in [-0.15, -0.1) is 12.4 Å². The van der Waals surface area contributed by atoms with Crippen LogP contribution in [0.15, 0.2) is 30.3 Å². The molecule has 2 amide bonds. The lowest BCUT2D eigenvalue weighted by Gasteiger charge is -2.32. The van der Waals surface area contributed by atoms with Crippen LogP contribution in [-0.4, -0.2) is 49.5 Å². The van der Waals surface area contributed by atoms with Crippen molar-refractivity contribution in [3.8, 4) is 0 Å². The summed E-state index contributed by atoms with van der Waals surface area (Å²) in [4.78, 5) is 26.1. The lowest BCUT2D eigenvalue weighted by Crippen LogP contribution is -2.46. The molecule has 25 heavy (non-hydrogen) atoms. The molecular formula is C18H28ClN3O3. The standard InChI is InChI=1S/C18H27N3O3.ClH/c19-9-10-20-18(23)16-7-4-11-21(13-16)17(22)8-12-24-14-15-5-2-1-3-6-15;/h1-3,5-6,16H,4,7-14,19H2,(H,20,23);1H. The van der Waals surface area contributed by atoms with Crippen molar-refractivity contribution in [1.29, 1.82) is 0 Å². The zero-order valence-corrected chi connectivity index (χ0v) is 15.3. The van der Waals surface area contributed by atoms with Gasteiger partial charge < -0.3 is 20.7 Å². The molecule has 6 nitrogen and oxygen atoms in total. The number of rotatable bonds is 8. The maximum atomic E-state index is 12.3. The summed E-state index contributed by atoms with van der Waals surface area (Å²) in [7, 11) is 0. The fourth-order valence-electron chi connectivity index (χ4n) is 2.84. The third-order valence-electron chi connectivity index (χ3n) is 4.16. The van der Waals surface area contributed by atoms with E-state index in [2.05, 4.69) is 5.32 Å². The summed E-state index contributed by atoms with van der Waals surface area (Å²) >= 11 is 0. The van der Waals surface area contributed by atoms with Gasteiger partial charge in [-0.25, -0.2) is 0 Å². The van der Waals surface area contributed by atoms with Gasteiger partial charge in [0, 0.05) is 26.2 Å². The molecule has 1 aliphatic rings. The first-order valence-electron chi connectivity index (χ1n) is 8.58. The molecule has 1 saturated heterocycles. The number of benzene rings is 1. The first-order chi connectivity index (χ1) is 11.7. The molecule has 2 rings (SSSR count). The van der Waals surface area contributed by atoms with E-state index in [1.54, 1.807) is 4.90 Å². The Morgan fingerprint density at radius 2 is 2.04 bits per heavy atom. The van der Waals surface area contributed by atoms with Gasteiger partial charge in [-0.3, -0.25) is 9.59 Å². The summed E-state index contributed by atoms with van der Waals surface area (Å²) in [5.41, 5.74) is 6.50. The fraction of sp³-hybridized carbons (Fsp3) is 0.556. The van der Waals surface area contributed by atoms with Crippen LogP contribution in [-0.2, 0) is 20.9 Å². The Morgan fingerprint density at radius 3 is 2.76 bits per heavy atom. The normalized spacial score (nSPS) is 16.8. The van der Waals surface area contributed by atoms with Gasteiger partial charge in [-0.2, -0.15) is 0 Å². The van der Waals surface area contributed by atoms with E-state index in [9.17, 15) is 9.59 Å². The summed E-state index contributed by atoms with van der Waals surface area (Å²) in [6, 6.07) is 9.89. The first kappa shape index (κ1) is 21.4. The van der Waals surface area contributed by atoms with Crippen LogP contribution in [0.25, 0.3) is 0 Å². The molecule has 7 heteroatoms. The minimum atomic E-state index is -0.125. The van der Waals surface area contributed by atoms with Crippen LogP contribution in [0.1, 0.15) is 24.8 Å². The number of hydrogen-bond acceptors (Lipinski definition) is 4. The van der Waals surface area contributed by atoms with Crippen LogP contribution in [0.3, 0.4) is 0 Å². The topological polar surface area (TPSA) is 84.7 Å². The van der Waals surface area contributed by atoms with Crippen molar-refractivity contribution in [3.05, 3.63) is 35.9 Å². The summed E-state index contributed by atoms with van der Waals surface area (Å²) in [5, 5.41) is 2.81. The second-order valence-corrected chi connectivity index (χ2v) is 6.05. The quantitative estimate of drug-likeness (QED) is 0.677. The molecular weight excluding hydrogens is 342 g/mol. The number of carbonyl (C=O) groups excluding carboxylic acids is 2. The third kappa shape index (κ3) is 7.42.